The summed E-state index contributed by atoms with van der Waals surface area (Å²) in [5.74, 6) is 0.351. The zero-order valence-electron chi connectivity index (χ0n) is 14.9. The lowest BCUT2D eigenvalue weighted by atomic mass is 10.0. The van der Waals surface area contributed by atoms with Crippen LogP contribution in [0, 0.1) is 0 Å². The number of aliphatic hydroxyl groups is 3. The van der Waals surface area contributed by atoms with Gasteiger partial charge >= 0.3 is 0 Å². The molecule has 0 spiro atoms. The summed E-state index contributed by atoms with van der Waals surface area (Å²) in [6.45, 7) is 0.292. The molecule has 5 unspecified atom stereocenters. The van der Waals surface area contributed by atoms with Crippen LogP contribution < -0.4 is 4.74 Å². The smallest absolute Gasteiger partial charge is 0.256 e. The molecule has 3 aliphatic rings. The molecule has 3 heterocycles. The van der Waals surface area contributed by atoms with Crippen LogP contribution in [0.5, 0.6) is 5.75 Å². The fourth-order valence-electron chi connectivity index (χ4n) is 3.85. The summed E-state index contributed by atoms with van der Waals surface area (Å²) in [4.78, 5) is 19.3. The molecule has 27 heavy (non-hydrogen) atoms. The molecular weight excluding hydrogens is 352 g/mol. The summed E-state index contributed by atoms with van der Waals surface area (Å²) in [5.41, 5.74) is 1.08. The highest BCUT2D eigenvalue weighted by Crippen LogP contribution is 2.32. The van der Waals surface area contributed by atoms with Gasteiger partial charge in [0.15, 0.2) is 0 Å². The third-order valence-corrected chi connectivity index (χ3v) is 5.38. The number of carbonyl (C=O) groups is 1. The van der Waals surface area contributed by atoms with Gasteiger partial charge in [0.1, 0.15) is 18.0 Å². The van der Waals surface area contributed by atoms with Crippen molar-refractivity contribution in [2.75, 3.05) is 13.2 Å². The monoisotopic (exact) mass is 376 g/mol. The van der Waals surface area contributed by atoms with Crippen molar-refractivity contribution >= 4 is 17.8 Å². The van der Waals surface area contributed by atoms with Crippen molar-refractivity contribution in [3.05, 3.63) is 23.8 Å². The molecule has 4 rings (SSSR count). The Morgan fingerprint density at radius 2 is 2.15 bits per heavy atom. The molecule has 3 aliphatic heterocycles. The maximum atomic E-state index is 13.0. The minimum Gasteiger partial charge on any atom is -0.465 e. The number of ether oxygens (including phenoxy) is 2. The Hall–Kier alpha value is -2.00. The van der Waals surface area contributed by atoms with Crippen LogP contribution in [0.25, 0.3) is 0 Å². The van der Waals surface area contributed by atoms with E-state index in [-0.39, 0.29) is 18.4 Å². The SMILES string of the molecule is O=C1c2cc(OC3CC(O)C(O)C(CO)O3)ccc2N=CC2CCCCN12. The molecule has 0 bridgehead atoms. The van der Waals surface area contributed by atoms with E-state index in [1.54, 1.807) is 18.2 Å². The van der Waals surface area contributed by atoms with Gasteiger partial charge in [-0.25, -0.2) is 0 Å². The Balaban J connectivity index is 1.54. The van der Waals surface area contributed by atoms with Crippen LogP contribution in [-0.4, -0.2) is 76.1 Å². The van der Waals surface area contributed by atoms with Gasteiger partial charge in [-0.05, 0) is 37.5 Å². The van der Waals surface area contributed by atoms with Crippen molar-refractivity contribution in [2.45, 2.75) is 56.3 Å². The van der Waals surface area contributed by atoms with Gasteiger partial charge in [-0.15, -0.1) is 0 Å². The molecule has 0 aliphatic carbocycles. The zero-order chi connectivity index (χ0) is 19.0. The quantitative estimate of drug-likeness (QED) is 0.713. The van der Waals surface area contributed by atoms with Crippen LogP contribution in [0.3, 0.4) is 0 Å². The second-order valence-corrected chi connectivity index (χ2v) is 7.22. The van der Waals surface area contributed by atoms with Crippen LogP contribution in [-0.2, 0) is 4.74 Å². The fraction of sp³-hybridized carbons (Fsp3) is 0.579. The summed E-state index contributed by atoms with van der Waals surface area (Å²) in [7, 11) is 0. The first-order chi connectivity index (χ1) is 13.1. The summed E-state index contributed by atoms with van der Waals surface area (Å²) in [5, 5.41) is 29.0. The van der Waals surface area contributed by atoms with E-state index in [9.17, 15) is 20.1 Å². The first kappa shape index (κ1) is 18.4. The van der Waals surface area contributed by atoms with Crippen molar-refractivity contribution in [1.82, 2.24) is 4.90 Å². The molecule has 0 aromatic heterocycles. The lowest BCUT2D eigenvalue weighted by Gasteiger charge is -2.36. The number of aliphatic imine (C=N–C) groups is 1. The average Bonchev–Trinajstić information content (AvgIpc) is 2.82. The van der Waals surface area contributed by atoms with Crippen LogP contribution in [0.1, 0.15) is 36.0 Å². The highest BCUT2D eigenvalue weighted by atomic mass is 16.7. The van der Waals surface area contributed by atoms with E-state index in [2.05, 4.69) is 4.99 Å². The van der Waals surface area contributed by atoms with E-state index in [1.165, 1.54) is 0 Å². The summed E-state index contributed by atoms with van der Waals surface area (Å²) >= 11 is 0. The van der Waals surface area contributed by atoms with Crippen LogP contribution in [0.2, 0.25) is 0 Å². The fourth-order valence-corrected chi connectivity index (χ4v) is 3.85. The van der Waals surface area contributed by atoms with Gasteiger partial charge in [-0.3, -0.25) is 9.79 Å². The predicted octanol–water partition coefficient (Wildman–Crippen LogP) is 0.605. The van der Waals surface area contributed by atoms with E-state index in [1.807, 2.05) is 11.1 Å². The van der Waals surface area contributed by atoms with Crippen LogP contribution in [0.4, 0.5) is 5.69 Å². The summed E-state index contributed by atoms with van der Waals surface area (Å²) in [6, 6.07) is 5.10. The number of rotatable bonds is 3. The average molecular weight is 376 g/mol. The molecule has 1 aromatic rings. The molecule has 5 atom stereocenters. The highest BCUT2D eigenvalue weighted by molar-refractivity contribution is 6.02. The van der Waals surface area contributed by atoms with Crippen molar-refractivity contribution in [3.8, 4) is 5.75 Å². The largest absolute Gasteiger partial charge is 0.465 e. The third-order valence-electron chi connectivity index (χ3n) is 5.38. The van der Waals surface area contributed by atoms with Crippen molar-refractivity contribution in [1.29, 1.82) is 0 Å². The molecule has 2 saturated heterocycles. The molecule has 146 valence electrons. The Labute approximate surface area is 157 Å². The Bertz CT molecular complexity index is 739. The first-order valence-electron chi connectivity index (χ1n) is 9.35. The molecule has 8 heteroatoms. The highest BCUT2D eigenvalue weighted by Gasteiger charge is 2.37. The number of aliphatic hydroxyl groups excluding tert-OH is 3. The number of benzene rings is 1. The number of piperidine rings is 1. The Morgan fingerprint density at radius 1 is 1.30 bits per heavy atom. The molecule has 0 saturated carbocycles. The van der Waals surface area contributed by atoms with Crippen molar-refractivity contribution in [2.24, 2.45) is 4.99 Å². The van der Waals surface area contributed by atoms with Gasteiger partial charge in [0, 0.05) is 19.2 Å². The molecule has 3 N–H and O–H groups in total. The van der Waals surface area contributed by atoms with Gasteiger partial charge in [0.05, 0.1) is 30.0 Å². The number of hydrogen-bond donors (Lipinski definition) is 3. The van der Waals surface area contributed by atoms with E-state index >= 15 is 0 Å². The first-order valence-corrected chi connectivity index (χ1v) is 9.35. The number of carbonyl (C=O) groups excluding carboxylic acids is 1. The summed E-state index contributed by atoms with van der Waals surface area (Å²) < 4.78 is 11.3. The van der Waals surface area contributed by atoms with Gasteiger partial charge in [0.2, 0.25) is 6.29 Å². The van der Waals surface area contributed by atoms with E-state index in [4.69, 9.17) is 9.47 Å². The maximum Gasteiger partial charge on any atom is 0.256 e. The molecule has 2 fully saturated rings. The van der Waals surface area contributed by atoms with Gasteiger partial charge in [-0.2, -0.15) is 0 Å². The van der Waals surface area contributed by atoms with E-state index in [0.29, 0.717) is 23.5 Å². The molecular formula is C19H24N2O6. The van der Waals surface area contributed by atoms with E-state index in [0.717, 1.165) is 19.3 Å². The Kier molecular flexibility index (Phi) is 5.14. The number of nitrogens with zero attached hydrogens (tertiary/aromatic N) is 2. The van der Waals surface area contributed by atoms with Crippen LogP contribution >= 0.6 is 0 Å². The topological polar surface area (TPSA) is 112 Å². The lowest BCUT2D eigenvalue weighted by Crippen LogP contribution is -2.51. The van der Waals surface area contributed by atoms with Gasteiger partial charge in [-0.1, -0.05) is 0 Å². The third kappa shape index (κ3) is 3.58. The number of fused-ring (bicyclic) bond motifs is 2. The minimum absolute atomic E-state index is 0.0339. The van der Waals surface area contributed by atoms with E-state index < -0.39 is 31.2 Å². The number of amides is 1. The van der Waals surface area contributed by atoms with Crippen LogP contribution in [0.15, 0.2) is 23.2 Å². The predicted molar refractivity (Wildman–Crippen MR) is 96.3 cm³/mol. The standard InChI is InChI=1S/C19H24N2O6/c22-10-16-18(24)15(23)8-17(27-16)26-12-4-5-14-13(7-12)19(25)21-6-2-1-3-11(21)9-20-14/h4-5,7,9,11,15-18,22-24H,1-3,6,8,10H2. The summed E-state index contributed by atoms with van der Waals surface area (Å²) in [6.07, 6.45) is 0.948. The molecule has 0 radical (unpaired) electrons. The molecule has 1 aromatic carbocycles. The maximum absolute atomic E-state index is 13.0. The van der Waals surface area contributed by atoms with Gasteiger partial charge in [0.25, 0.3) is 5.91 Å². The van der Waals surface area contributed by atoms with Crippen molar-refractivity contribution < 1.29 is 29.6 Å². The minimum atomic E-state index is -1.16. The lowest BCUT2D eigenvalue weighted by molar-refractivity contribution is -0.229. The Morgan fingerprint density at radius 3 is 2.96 bits per heavy atom. The number of hydrogen-bond acceptors (Lipinski definition) is 7. The molecule has 8 nitrogen and oxygen atoms in total. The normalized spacial score (nSPS) is 33.2. The van der Waals surface area contributed by atoms with Crippen molar-refractivity contribution in [3.63, 3.8) is 0 Å². The zero-order valence-corrected chi connectivity index (χ0v) is 14.9. The second kappa shape index (κ2) is 7.55. The second-order valence-electron chi connectivity index (χ2n) is 7.22. The molecule has 1 amide bonds. The van der Waals surface area contributed by atoms with Gasteiger partial charge < -0.3 is 29.7 Å².